The predicted molar refractivity (Wildman–Crippen MR) is 161 cm³/mol. The Kier molecular flexibility index (Phi) is 7.93. The first-order valence-electron chi connectivity index (χ1n) is 13.3. The van der Waals surface area contributed by atoms with Gasteiger partial charge in [-0.1, -0.05) is 38.1 Å². The molecule has 1 aliphatic carbocycles. The molecule has 0 spiro atoms. The Morgan fingerprint density at radius 3 is 2.43 bits per heavy atom. The third-order valence-corrected chi connectivity index (χ3v) is 8.59. The SMILES string of the molecule is CC(C)CCC1(NC(=O)NC(C)(C)C)C(=O)C(C2=NS(=O)(=O)c3cc(NS(C)(=O)=O)ccc3N2)=C(O)c2ccccc21. The van der Waals surface area contributed by atoms with Crippen LogP contribution in [0, 0.1) is 5.92 Å². The van der Waals surface area contributed by atoms with Gasteiger partial charge in [-0.05, 0) is 63.3 Å². The molecular weight excluding hydrogens is 582 g/mol. The number of fused-ring (bicyclic) bond motifs is 2. The number of urea groups is 1. The molecule has 42 heavy (non-hydrogen) atoms. The zero-order chi connectivity index (χ0) is 31.3. The van der Waals surface area contributed by atoms with Gasteiger partial charge in [-0.15, -0.1) is 4.40 Å². The topological polar surface area (TPSA) is 183 Å². The van der Waals surface area contributed by atoms with Crippen LogP contribution >= 0.6 is 0 Å². The van der Waals surface area contributed by atoms with E-state index in [0.717, 1.165) is 12.3 Å². The molecule has 0 radical (unpaired) electrons. The van der Waals surface area contributed by atoms with Gasteiger partial charge in [0.25, 0.3) is 10.0 Å². The van der Waals surface area contributed by atoms with Crippen LogP contribution in [0.1, 0.15) is 58.6 Å². The normalized spacial score (nSPS) is 19.8. The minimum atomic E-state index is -4.46. The maximum Gasteiger partial charge on any atom is 0.316 e. The first-order chi connectivity index (χ1) is 19.3. The highest BCUT2D eigenvalue weighted by atomic mass is 32.2. The minimum Gasteiger partial charge on any atom is -0.506 e. The van der Waals surface area contributed by atoms with Gasteiger partial charge in [-0.25, -0.2) is 13.2 Å². The number of carbonyl (C=O) groups excluding carboxylic acids is 2. The van der Waals surface area contributed by atoms with E-state index in [1.807, 2.05) is 13.8 Å². The number of aliphatic hydroxyl groups excluding tert-OH is 1. The molecule has 0 fully saturated rings. The fraction of sp³-hybridized carbons (Fsp3) is 0.393. The summed E-state index contributed by atoms with van der Waals surface area (Å²) in [5.41, 5.74) is -2.04. The van der Waals surface area contributed by atoms with Crippen LogP contribution in [-0.4, -0.2) is 51.4 Å². The van der Waals surface area contributed by atoms with Crippen LogP contribution in [0.4, 0.5) is 16.2 Å². The Morgan fingerprint density at radius 1 is 1.14 bits per heavy atom. The van der Waals surface area contributed by atoms with Crippen molar-refractivity contribution in [3.05, 3.63) is 59.2 Å². The standard InChI is InChI=1S/C28H35N5O7S2/c1-16(2)13-14-28(31-26(36)30-27(3,4)5)19-10-8-7-9-18(19)23(34)22(24(28)35)25-29-20-12-11-17(32-41(6,37)38)15-21(20)42(39,40)33-25/h7-12,15-16,32,34H,13-14H2,1-6H3,(H,29,33)(H2,30,31,36). The summed E-state index contributed by atoms with van der Waals surface area (Å²) >= 11 is 0. The second kappa shape index (κ2) is 10.7. The quantitative estimate of drug-likeness (QED) is 0.310. The number of carbonyl (C=O) groups is 2. The van der Waals surface area contributed by atoms with E-state index in [1.165, 1.54) is 12.1 Å². The Balaban J connectivity index is 1.88. The number of Topliss-reactive ketones (excluding diaryl/α,β-unsaturated/α-hetero) is 1. The smallest absolute Gasteiger partial charge is 0.316 e. The predicted octanol–water partition coefficient (Wildman–Crippen LogP) is 3.85. The van der Waals surface area contributed by atoms with Gasteiger partial charge < -0.3 is 21.1 Å². The minimum absolute atomic E-state index is 0.00627. The van der Waals surface area contributed by atoms with Gasteiger partial charge in [0.1, 0.15) is 21.8 Å². The highest BCUT2D eigenvalue weighted by molar-refractivity contribution is 7.92. The monoisotopic (exact) mass is 617 g/mol. The summed E-state index contributed by atoms with van der Waals surface area (Å²) in [5, 5.41) is 19.9. The zero-order valence-corrected chi connectivity index (χ0v) is 25.8. The number of nitrogens with zero attached hydrogens (tertiary/aromatic N) is 1. The molecule has 2 aromatic rings. The van der Waals surface area contributed by atoms with Crippen molar-refractivity contribution in [1.82, 2.24) is 10.6 Å². The van der Waals surface area contributed by atoms with E-state index in [9.17, 15) is 31.5 Å². The molecule has 0 saturated carbocycles. The molecule has 2 aliphatic rings. The summed E-state index contributed by atoms with van der Waals surface area (Å²) in [7, 11) is -8.14. The molecule has 12 nitrogen and oxygen atoms in total. The van der Waals surface area contributed by atoms with Gasteiger partial charge >= 0.3 is 6.03 Å². The molecule has 4 rings (SSSR count). The van der Waals surface area contributed by atoms with Gasteiger partial charge in [0.15, 0.2) is 11.6 Å². The van der Waals surface area contributed by atoms with Crippen LogP contribution in [0.2, 0.25) is 0 Å². The number of amidine groups is 1. The number of hydrogen-bond donors (Lipinski definition) is 5. The first kappa shape index (κ1) is 31.0. The van der Waals surface area contributed by atoms with Crippen molar-refractivity contribution in [1.29, 1.82) is 0 Å². The maximum atomic E-state index is 14.5. The van der Waals surface area contributed by atoms with E-state index in [0.29, 0.717) is 12.0 Å². The second-order valence-electron chi connectivity index (χ2n) is 11.9. The van der Waals surface area contributed by atoms with Crippen molar-refractivity contribution in [2.24, 2.45) is 10.3 Å². The van der Waals surface area contributed by atoms with Gasteiger partial charge in [0.05, 0.1) is 11.9 Å². The Morgan fingerprint density at radius 2 is 1.81 bits per heavy atom. The maximum absolute atomic E-state index is 14.5. The third kappa shape index (κ3) is 6.28. The lowest BCUT2D eigenvalue weighted by Crippen LogP contribution is -2.60. The molecule has 0 aromatic heterocycles. The van der Waals surface area contributed by atoms with E-state index in [1.54, 1.807) is 45.0 Å². The molecule has 226 valence electrons. The number of anilines is 2. The van der Waals surface area contributed by atoms with Crippen molar-refractivity contribution in [3.63, 3.8) is 0 Å². The van der Waals surface area contributed by atoms with Crippen molar-refractivity contribution in [2.75, 3.05) is 16.3 Å². The number of nitrogens with one attached hydrogen (secondary N) is 4. The number of amides is 2. The molecule has 5 N–H and O–H groups in total. The van der Waals surface area contributed by atoms with Crippen LogP contribution in [0.15, 0.2) is 57.3 Å². The molecule has 2 aromatic carbocycles. The summed E-state index contributed by atoms with van der Waals surface area (Å²) in [5.74, 6) is -1.50. The summed E-state index contributed by atoms with van der Waals surface area (Å²) < 4.78 is 56.0. The van der Waals surface area contributed by atoms with Gasteiger partial charge in [0, 0.05) is 16.8 Å². The van der Waals surface area contributed by atoms with Gasteiger partial charge in [-0.3, -0.25) is 9.52 Å². The van der Waals surface area contributed by atoms with Crippen molar-refractivity contribution >= 4 is 54.8 Å². The molecule has 1 aliphatic heterocycles. The van der Waals surface area contributed by atoms with Crippen LogP contribution in [-0.2, 0) is 30.4 Å². The van der Waals surface area contributed by atoms with Crippen LogP contribution in [0.25, 0.3) is 5.76 Å². The molecule has 14 heteroatoms. The van der Waals surface area contributed by atoms with E-state index in [4.69, 9.17) is 0 Å². The molecular formula is C28H35N5O7S2. The number of benzene rings is 2. The molecule has 1 atom stereocenters. The van der Waals surface area contributed by atoms with Crippen molar-refractivity contribution in [2.45, 2.75) is 63.4 Å². The lowest BCUT2D eigenvalue weighted by atomic mass is 9.71. The number of sulfonamides is 2. The lowest BCUT2D eigenvalue weighted by Gasteiger charge is -2.40. The Labute approximate surface area is 245 Å². The van der Waals surface area contributed by atoms with Crippen LogP contribution < -0.4 is 20.7 Å². The summed E-state index contributed by atoms with van der Waals surface area (Å²) in [6.07, 6.45) is 1.60. The summed E-state index contributed by atoms with van der Waals surface area (Å²) in [4.78, 5) is 27.4. The second-order valence-corrected chi connectivity index (χ2v) is 15.2. The average molecular weight is 618 g/mol. The number of aliphatic hydroxyl groups is 1. The fourth-order valence-electron chi connectivity index (χ4n) is 4.91. The van der Waals surface area contributed by atoms with E-state index >= 15 is 0 Å². The molecule has 2 amide bonds. The third-order valence-electron chi connectivity index (χ3n) is 6.67. The van der Waals surface area contributed by atoms with Crippen molar-refractivity contribution in [3.8, 4) is 0 Å². The highest BCUT2D eigenvalue weighted by Gasteiger charge is 2.50. The van der Waals surface area contributed by atoms with E-state index in [-0.39, 0.29) is 34.2 Å². The molecule has 1 unspecified atom stereocenters. The summed E-state index contributed by atoms with van der Waals surface area (Å²) in [6, 6.07) is 9.75. The molecule has 0 bridgehead atoms. The lowest BCUT2D eigenvalue weighted by molar-refractivity contribution is -0.121. The fourth-order valence-corrected chi connectivity index (χ4v) is 6.61. The van der Waals surface area contributed by atoms with E-state index < -0.39 is 60.1 Å². The van der Waals surface area contributed by atoms with Crippen LogP contribution in [0.3, 0.4) is 0 Å². The van der Waals surface area contributed by atoms with Gasteiger partial charge in [-0.2, -0.15) is 8.42 Å². The van der Waals surface area contributed by atoms with Crippen LogP contribution in [0.5, 0.6) is 0 Å². The van der Waals surface area contributed by atoms with Gasteiger partial charge in [0.2, 0.25) is 10.0 Å². The first-order valence-corrected chi connectivity index (χ1v) is 16.6. The molecule has 0 saturated heterocycles. The number of hydrogen-bond acceptors (Lipinski definition) is 8. The Bertz CT molecular complexity index is 1740. The molecule has 1 heterocycles. The summed E-state index contributed by atoms with van der Waals surface area (Å²) in [6.45, 7) is 9.32. The van der Waals surface area contributed by atoms with E-state index in [2.05, 4.69) is 25.1 Å². The zero-order valence-electron chi connectivity index (χ0n) is 24.2. The number of rotatable bonds is 7. The van der Waals surface area contributed by atoms with Crippen molar-refractivity contribution < 1.29 is 31.5 Å². The Hall–Kier alpha value is -3.91. The largest absolute Gasteiger partial charge is 0.506 e. The number of ketones is 1. The highest BCUT2D eigenvalue weighted by Crippen LogP contribution is 2.43. The average Bonchev–Trinajstić information content (AvgIpc) is 2.84.